The Kier molecular flexibility index (Phi) is 17.8. The molecule has 2 aliphatic rings. The van der Waals surface area contributed by atoms with E-state index in [1.807, 2.05) is 60.9 Å². The zero-order valence-electron chi connectivity index (χ0n) is 42.9. The zero-order valence-corrected chi connectivity index (χ0v) is 42.9. The molecular formula is C57H62N12O7. The molecule has 19 heteroatoms. The van der Waals surface area contributed by atoms with Crippen molar-refractivity contribution in [3.05, 3.63) is 150 Å². The molecule has 8 aromatic heterocycles. The Balaban J connectivity index is 0.000000189. The van der Waals surface area contributed by atoms with Crippen LogP contribution in [0, 0.1) is 22.7 Å². The first-order chi connectivity index (χ1) is 36.1. The predicted octanol–water partition coefficient (Wildman–Crippen LogP) is 7.86. The van der Waals surface area contributed by atoms with Crippen LogP contribution in [0.5, 0.6) is 29.0 Å². The van der Waals surface area contributed by atoms with Gasteiger partial charge in [-0.1, -0.05) is 37.8 Å². The van der Waals surface area contributed by atoms with Crippen LogP contribution in [0.15, 0.2) is 122 Å². The van der Waals surface area contributed by atoms with Crippen LogP contribution in [0.1, 0.15) is 63.2 Å². The van der Waals surface area contributed by atoms with Crippen molar-refractivity contribution in [3.8, 4) is 63.4 Å². The monoisotopic (exact) mass is 1030 g/mol. The lowest BCUT2D eigenvalue weighted by molar-refractivity contribution is 0.0280. The smallest absolute Gasteiger partial charge is 0.213 e. The van der Waals surface area contributed by atoms with Crippen LogP contribution in [0.3, 0.4) is 0 Å². The van der Waals surface area contributed by atoms with Gasteiger partial charge in [0.05, 0.1) is 97.1 Å². The van der Waals surface area contributed by atoms with Gasteiger partial charge in [0.25, 0.3) is 0 Å². The van der Waals surface area contributed by atoms with Gasteiger partial charge in [-0.15, -0.1) is 0 Å². The summed E-state index contributed by atoms with van der Waals surface area (Å²) in [5.41, 5.74) is 9.04. The van der Waals surface area contributed by atoms with Crippen LogP contribution in [-0.4, -0.2) is 126 Å². The summed E-state index contributed by atoms with van der Waals surface area (Å²) >= 11 is 0. The van der Waals surface area contributed by atoms with Gasteiger partial charge < -0.3 is 39.2 Å². The highest BCUT2D eigenvalue weighted by atomic mass is 16.5. The second kappa shape index (κ2) is 24.5. The van der Waals surface area contributed by atoms with Crippen molar-refractivity contribution in [1.82, 2.24) is 49.4 Å². The Labute approximate surface area is 441 Å². The van der Waals surface area contributed by atoms with Gasteiger partial charge in [0.1, 0.15) is 42.6 Å². The third-order valence-corrected chi connectivity index (χ3v) is 11.8. The Hall–Kier alpha value is -8.72. The van der Waals surface area contributed by atoms with E-state index in [1.54, 1.807) is 95.0 Å². The molecule has 392 valence electrons. The summed E-state index contributed by atoms with van der Waals surface area (Å²) in [6, 6.07) is 23.6. The highest BCUT2D eigenvalue weighted by Gasteiger charge is 2.21. The van der Waals surface area contributed by atoms with Crippen molar-refractivity contribution in [1.29, 1.82) is 10.5 Å². The second-order valence-corrected chi connectivity index (χ2v) is 18.9. The number of ether oxygens (including phenoxy) is 5. The molecule has 0 fully saturated rings. The number of aromatic nitrogens is 8. The SMILES string of the molecule is C.CC(C)(O)COc1cc(-c2ccc(C3=CCNC3)nc2)c2c(C#N)cnn2c1.COc1ccc(CN2CC=C(c3ccc(-c4cc(OCC(C)(C)O)cn5ncc(C#N)c45)cn3)C2)cn1.COc1ccc(OC)nc1. The Bertz CT molecular complexity index is 3360. The first-order valence-corrected chi connectivity index (χ1v) is 23.9. The van der Waals surface area contributed by atoms with Crippen LogP contribution in [0.25, 0.3) is 44.4 Å². The molecule has 0 atom stereocenters. The van der Waals surface area contributed by atoms with Crippen molar-refractivity contribution >= 4 is 22.2 Å². The summed E-state index contributed by atoms with van der Waals surface area (Å²) in [6.07, 6.45) is 17.9. The van der Waals surface area contributed by atoms with Crippen molar-refractivity contribution in [2.45, 2.75) is 52.9 Å². The molecule has 8 aromatic rings. The van der Waals surface area contributed by atoms with E-state index in [0.29, 0.717) is 45.4 Å². The largest absolute Gasteiger partial charge is 0.495 e. The molecule has 0 bridgehead atoms. The highest BCUT2D eigenvalue weighted by Crippen LogP contribution is 2.34. The maximum atomic E-state index is 10.1. The number of rotatable bonds is 15. The normalized spacial score (nSPS) is 13.2. The minimum atomic E-state index is -0.979. The minimum Gasteiger partial charge on any atom is -0.495 e. The van der Waals surface area contributed by atoms with Crippen LogP contribution in [-0.2, 0) is 6.54 Å². The Morgan fingerprint density at radius 1 is 0.618 bits per heavy atom. The van der Waals surface area contributed by atoms with E-state index >= 15 is 0 Å². The van der Waals surface area contributed by atoms with E-state index in [0.717, 1.165) is 77.7 Å². The molecule has 0 radical (unpaired) electrons. The molecule has 0 aromatic carbocycles. The minimum absolute atomic E-state index is 0. The van der Waals surface area contributed by atoms with Gasteiger partial charge in [0, 0.05) is 85.7 Å². The lowest BCUT2D eigenvalue weighted by Crippen LogP contribution is -2.27. The molecule has 76 heavy (non-hydrogen) atoms. The highest BCUT2D eigenvalue weighted by molar-refractivity contribution is 5.86. The number of hydrogen-bond acceptors (Lipinski definition) is 17. The summed E-state index contributed by atoms with van der Waals surface area (Å²) < 4.78 is 29.7. The summed E-state index contributed by atoms with van der Waals surface area (Å²) in [6.45, 7) is 11.1. The number of fused-ring (bicyclic) bond motifs is 2. The summed E-state index contributed by atoms with van der Waals surface area (Å²) in [7, 11) is 4.79. The van der Waals surface area contributed by atoms with E-state index in [4.69, 9.17) is 28.7 Å². The summed E-state index contributed by atoms with van der Waals surface area (Å²) in [5, 5.41) is 50.9. The number of nitrogens with zero attached hydrogens (tertiary/aromatic N) is 11. The van der Waals surface area contributed by atoms with E-state index in [1.165, 1.54) is 23.5 Å². The van der Waals surface area contributed by atoms with Gasteiger partial charge in [-0.25, -0.2) is 19.0 Å². The number of methoxy groups -OCH3 is 3. The predicted molar refractivity (Wildman–Crippen MR) is 289 cm³/mol. The van der Waals surface area contributed by atoms with Crippen molar-refractivity contribution < 1.29 is 33.9 Å². The maximum absolute atomic E-state index is 10.1. The molecule has 19 nitrogen and oxygen atoms in total. The average molecular weight is 1030 g/mol. The maximum Gasteiger partial charge on any atom is 0.213 e. The summed E-state index contributed by atoms with van der Waals surface area (Å²) in [4.78, 5) is 19.9. The number of nitrogens with one attached hydrogen (secondary N) is 1. The summed E-state index contributed by atoms with van der Waals surface area (Å²) in [5.74, 6) is 3.05. The molecule has 2 aliphatic heterocycles. The van der Waals surface area contributed by atoms with Gasteiger partial charge in [-0.05, 0) is 74.7 Å². The van der Waals surface area contributed by atoms with E-state index in [-0.39, 0.29) is 20.6 Å². The first kappa shape index (κ1) is 55.0. The number of hydrogen-bond donors (Lipinski definition) is 3. The number of pyridine rings is 6. The third kappa shape index (κ3) is 13.9. The lowest BCUT2D eigenvalue weighted by atomic mass is 10.0. The van der Waals surface area contributed by atoms with Gasteiger partial charge in [-0.2, -0.15) is 20.7 Å². The van der Waals surface area contributed by atoms with Crippen LogP contribution >= 0.6 is 0 Å². The van der Waals surface area contributed by atoms with Crippen molar-refractivity contribution in [2.24, 2.45) is 0 Å². The molecule has 0 saturated carbocycles. The zero-order chi connectivity index (χ0) is 53.1. The lowest BCUT2D eigenvalue weighted by Gasteiger charge is -2.18. The van der Waals surface area contributed by atoms with Crippen LogP contribution < -0.4 is 29.0 Å². The third-order valence-electron chi connectivity index (χ3n) is 11.8. The van der Waals surface area contributed by atoms with E-state index in [2.05, 4.69) is 59.7 Å². The van der Waals surface area contributed by atoms with E-state index < -0.39 is 11.2 Å². The molecule has 0 saturated heterocycles. The molecule has 0 amide bonds. The fraction of sp³-hybridized carbons (Fsp3) is 0.298. The van der Waals surface area contributed by atoms with Crippen molar-refractivity contribution in [2.75, 3.05) is 60.7 Å². The second-order valence-electron chi connectivity index (χ2n) is 18.9. The average Bonchev–Trinajstić information content (AvgIpc) is 4.28. The standard InChI is InChI=1S/C28H28N6O3.C21H21N5O2.C7H9NO2.CH4/c1-28(2,35)18-37-23-10-24(27-22(11-29)14-32-34(27)17-23)20-5-6-25(30-13-20)21-8-9-33(16-21)15-19-4-7-26(36-3)31-12-19;1-21(2,27)13-28-17-7-18(20-16(8-22)11-25-26(20)12-17)14-3-4-19(24-10-14)15-5-6-23-9-15;1-9-6-3-4-7(10-2)8-5-6;/h4-8,10,12-14,17,35H,9,15-16,18H2,1-3H3;3-5,7,10-12,23,27H,6,9,13H2,1-2H3;3-5H,1-2H3;1H4. The van der Waals surface area contributed by atoms with Gasteiger partial charge in [0.2, 0.25) is 11.8 Å². The fourth-order valence-corrected chi connectivity index (χ4v) is 8.04. The van der Waals surface area contributed by atoms with Crippen LogP contribution in [0.2, 0.25) is 0 Å². The molecular weight excluding hydrogens is 965 g/mol. The number of aliphatic hydroxyl groups is 2. The fourth-order valence-electron chi connectivity index (χ4n) is 8.04. The quantitative estimate of drug-likeness (QED) is 0.0886. The van der Waals surface area contributed by atoms with Crippen molar-refractivity contribution in [3.63, 3.8) is 0 Å². The molecule has 3 N–H and O–H groups in total. The van der Waals surface area contributed by atoms with Gasteiger partial charge in [0.15, 0.2) is 0 Å². The topological polar surface area (TPSA) is 236 Å². The van der Waals surface area contributed by atoms with Gasteiger partial charge in [-0.3, -0.25) is 14.9 Å². The van der Waals surface area contributed by atoms with Gasteiger partial charge >= 0.3 is 0 Å². The first-order valence-electron chi connectivity index (χ1n) is 23.9. The van der Waals surface area contributed by atoms with Crippen LogP contribution in [0.4, 0.5) is 0 Å². The Morgan fingerprint density at radius 3 is 1.58 bits per heavy atom. The molecule has 10 rings (SSSR count). The number of nitriles is 2. The molecule has 0 unspecified atom stereocenters. The Morgan fingerprint density at radius 2 is 1.16 bits per heavy atom. The molecule has 10 heterocycles. The molecule has 0 spiro atoms. The molecule has 0 aliphatic carbocycles. The van der Waals surface area contributed by atoms with E-state index in [9.17, 15) is 20.7 Å².